The summed E-state index contributed by atoms with van der Waals surface area (Å²) >= 11 is 5.99. The van der Waals surface area contributed by atoms with Crippen LogP contribution in [0.4, 0.5) is 5.82 Å². The lowest BCUT2D eigenvalue weighted by Gasteiger charge is -2.21. The molecule has 2 N–H and O–H groups in total. The maximum atomic E-state index is 12.3. The molecule has 1 aromatic heterocycles. The Hall–Kier alpha value is -1.29. The third kappa shape index (κ3) is 2.93. The van der Waals surface area contributed by atoms with Gasteiger partial charge in [-0.1, -0.05) is 24.4 Å². The SMILES string of the molecule is CN(CC1CCCC1)C(=O)c1cc(N)ncc1Cl. The average Bonchev–Trinajstić information content (AvgIpc) is 2.84. The number of aromatic nitrogens is 1. The summed E-state index contributed by atoms with van der Waals surface area (Å²) in [4.78, 5) is 17.9. The lowest BCUT2D eigenvalue weighted by molar-refractivity contribution is 0.0773. The van der Waals surface area contributed by atoms with Crippen molar-refractivity contribution in [2.24, 2.45) is 5.92 Å². The Morgan fingerprint density at radius 1 is 1.56 bits per heavy atom. The van der Waals surface area contributed by atoms with E-state index in [2.05, 4.69) is 4.98 Å². The molecule has 1 aliphatic rings. The molecule has 0 atom stereocenters. The second-order valence-corrected chi connectivity index (χ2v) is 5.33. The van der Waals surface area contributed by atoms with Crippen LogP contribution in [-0.4, -0.2) is 29.4 Å². The second-order valence-electron chi connectivity index (χ2n) is 4.93. The van der Waals surface area contributed by atoms with Crippen LogP contribution in [0.25, 0.3) is 0 Å². The zero-order chi connectivity index (χ0) is 13.1. The first-order valence-corrected chi connectivity index (χ1v) is 6.62. The summed E-state index contributed by atoms with van der Waals surface area (Å²) in [6.45, 7) is 0.789. The van der Waals surface area contributed by atoms with Gasteiger partial charge in [0.05, 0.1) is 10.6 Å². The number of hydrogen-bond donors (Lipinski definition) is 1. The van der Waals surface area contributed by atoms with Crippen molar-refractivity contribution in [3.63, 3.8) is 0 Å². The molecule has 0 aliphatic heterocycles. The van der Waals surface area contributed by atoms with Crippen LogP contribution < -0.4 is 5.73 Å². The van der Waals surface area contributed by atoms with Crippen LogP contribution in [0.15, 0.2) is 12.3 Å². The Kier molecular flexibility index (Phi) is 4.07. The molecule has 0 aromatic carbocycles. The molecule has 1 saturated carbocycles. The van der Waals surface area contributed by atoms with E-state index in [4.69, 9.17) is 17.3 Å². The first-order valence-electron chi connectivity index (χ1n) is 6.24. The molecule has 1 aromatic rings. The Labute approximate surface area is 112 Å². The number of carbonyl (C=O) groups excluding carboxylic acids is 1. The first kappa shape index (κ1) is 13.1. The molecule has 0 saturated heterocycles. The number of hydrogen-bond acceptors (Lipinski definition) is 3. The molecule has 1 aliphatic carbocycles. The normalized spacial score (nSPS) is 15.9. The van der Waals surface area contributed by atoms with Crippen molar-refractivity contribution in [1.82, 2.24) is 9.88 Å². The van der Waals surface area contributed by atoms with Gasteiger partial charge in [0, 0.05) is 19.8 Å². The molecule has 5 heteroatoms. The van der Waals surface area contributed by atoms with Crippen LogP contribution in [0, 0.1) is 5.92 Å². The van der Waals surface area contributed by atoms with Crippen molar-refractivity contribution < 1.29 is 4.79 Å². The van der Waals surface area contributed by atoms with E-state index in [0.717, 1.165) is 6.54 Å². The molecule has 0 radical (unpaired) electrons. The molecule has 0 spiro atoms. The van der Waals surface area contributed by atoms with E-state index in [1.807, 2.05) is 7.05 Å². The summed E-state index contributed by atoms with van der Waals surface area (Å²) in [5, 5.41) is 0.354. The topological polar surface area (TPSA) is 59.2 Å². The van der Waals surface area contributed by atoms with Gasteiger partial charge in [-0.2, -0.15) is 0 Å². The monoisotopic (exact) mass is 267 g/mol. The van der Waals surface area contributed by atoms with Gasteiger partial charge in [0.1, 0.15) is 5.82 Å². The number of rotatable bonds is 3. The van der Waals surface area contributed by atoms with Crippen LogP contribution in [0.3, 0.4) is 0 Å². The Morgan fingerprint density at radius 2 is 2.22 bits per heavy atom. The second kappa shape index (κ2) is 5.57. The van der Waals surface area contributed by atoms with Crippen molar-refractivity contribution in [2.45, 2.75) is 25.7 Å². The fourth-order valence-electron chi connectivity index (χ4n) is 2.49. The van der Waals surface area contributed by atoms with Gasteiger partial charge < -0.3 is 10.6 Å². The van der Waals surface area contributed by atoms with Crippen LogP contribution in [0.1, 0.15) is 36.0 Å². The van der Waals surface area contributed by atoms with Gasteiger partial charge in [-0.15, -0.1) is 0 Å². The molecule has 0 bridgehead atoms. The zero-order valence-electron chi connectivity index (χ0n) is 10.5. The molecule has 1 fully saturated rings. The highest BCUT2D eigenvalue weighted by molar-refractivity contribution is 6.33. The van der Waals surface area contributed by atoms with E-state index in [9.17, 15) is 4.79 Å². The summed E-state index contributed by atoms with van der Waals surface area (Å²) in [5.41, 5.74) is 6.02. The largest absolute Gasteiger partial charge is 0.384 e. The van der Waals surface area contributed by atoms with E-state index >= 15 is 0 Å². The number of nitrogens with two attached hydrogens (primary N) is 1. The van der Waals surface area contributed by atoms with Crippen LogP contribution in [-0.2, 0) is 0 Å². The summed E-state index contributed by atoms with van der Waals surface area (Å²) in [6, 6.07) is 1.54. The molecule has 1 amide bonds. The molecular weight excluding hydrogens is 250 g/mol. The maximum Gasteiger partial charge on any atom is 0.255 e. The summed E-state index contributed by atoms with van der Waals surface area (Å²) < 4.78 is 0. The van der Waals surface area contributed by atoms with Crippen LogP contribution in [0.2, 0.25) is 5.02 Å². The van der Waals surface area contributed by atoms with Gasteiger partial charge in [-0.05, 0) is 24.8 Å². The van der Waals surface area contributed by atoms with E-state index in [1.54, 1.807) is 4.90 Å². The van der Waals surface area contributed by atoms with Crippen molar-refractivity contribution >= 4 is 23.3 Å². The fourth-order valence-corrected chi connectivity index (χ4v) is 2.67. The highest BCUT2D eigenvalue weighted by atomic mass is 35.5. The third-order valence-electron chi connectivity index (χ3n) is 3.46. The van der Waals surface area contributed by atoms with E-state index < -0.39 is 0 Å². The third-order valence-corrected chi connectivity index (χ3v) is 3.76. The molecule has 18 heavy (non-hydrogen) atoms. The highest BCUT2D eigenvalue weighted by Gasteiger charge is 2.21. The summed E-state index contributed by atoms with van der Waals surface area (Å²) in [7, 11) is 1.81. The van der Waals surface area contributed by atoms with E-state index in [-0.39, 0.29) is 5.91 Å². The average molecular weight is 268 g/mol. The quantitative estimate of drug-likeness (QED) is 0.916. The maximum absolute atomic E-state index is 12.3. The lowest BCUT2D eigenvalue weighted by atomic mass is 10.1. The predicted molar refractivity (Wildman–Crippen MR) is 72.6 cm³/mol. The molecule has 2 rings (SSSR count). The number of carbonyl (C=O) groups is 1. The van der Waals surface area contributed by atoms with Gasteiger partial charge in [0.2, 0.25) is 0 Å². The standard InChI is InChI=1S/C13H18ClN3O/c1-17(8-9-4-2-3-5-9)13(18)10-6-12(15)16-7-11(10)14/h6-7,9H,2-5,8H2,1H3,(H2,15,16). The highest BCUT2D eigenvalue weighted by Crippen LogP contribution is 2.26. The van der Waals surface area contributed by atoms with E-state index in [1.165, 1.54) is 37.9 Å². The summed E-state index contributed by atoms with van der Waals surface area (Å²) in [6.07, 6.45) is 6.40. The smallest absolute Gasteiger partial charge is 0.255 e. The zero-order valence-corrected chi connectivity index (χ0v) is 11.3. The van der Waals surface area contributed by atoms with Crippen molar-refractivity contribution in [3.8, 4) is 0 Å². The predicted octanol–water partition coefficient (Wildman–Crippen LogP) is 2.58. The van der Waals surface area contributed by atoms with Crippen molar-refractivity contribution in [3.05, 3.63) is 22.8 Å². The lowest BCUT2D eigenvalue weighted by Crippen LogP contribution is -2.31. The number of amides is 1. The number of nitrogens with zero attached hydrogens (tertiary/aromatic N) is 2. The van der Waals surface area contributed by atoms with Gasteiger partial charge in [-0.3, -0.25) is 4.79 Å². The minimum atomic E-state index is -0.0824. The molecule has 98 valence electrons. The van der Waals surface area contributed by atoms with Gasteiger partial charge >= 0.3 is 0 Å². The molecule has 1 heterocycles. The van der Waals surface area contributed by atoms with Gasteiger partial charge in [-0.25, -0.2) is 4.98 Å². The molecule has 4 nitrogen and oxygen atoms in total. The minimum Gasteiger partial charge on any atom is -0.384 e. The molecular formula is C13H18ClN3O. The molecule has 0 unspecified atom stereocenters. The number of anilines is 1. The Morgan fingerprint density at radius 3 is 2.89 bits per heavy atom. The van der Waals surface area contributed by atoms with Crippen LogP contribution >= 0.6 is 11.6 Å². The van der Waals surface area contributed by atoms with Gasteiger partial charge in [0.15, 0.2) is 0 Å². The number of halogens is 1. The number of pyridine rings is 1. The van der Waals surface area contributed by atoms with E-state index in [0.29, 0.717) is 22.3 Å². The summed E-state index contributed by atoms with van der Waals surface area (Å²) in [5.74, 6) is 0.856. The Balaban J connectivity index is 2.07. The first-order chi connectivity index (χ1) is 8.58. The minimum absolute atomic E-state index is 0.0824. The van der Waals surface area contributed by atoms with Crippen LogP contribution in [0.5, 0.6) is 0 Å². The van der Waals surface area contributed by atoms with Crippen molar-refractivity contribution in [1.29, 1.82) is 0 Å². The van der Waals surface area contributed by atoms with Gasteiger partial charge in [0.25, 0.3) is 5.91 Å². The van der Waals surface area contributed by atoms with Crippen molar-refractivity contribution in [2.75, 3.05) is 19.3 Å². The Bertz CT molecular complexity index is 444. The fraction of sp³-hybridized carbons (Fsp3) is 0.538. The number of nitrogen functional groups attached to an aromatic ring is 1.